The smallest absolute Gasteiger partial charge is 0.229 e. The van der Waals surface area contributed by atoms with Crippen LogP contribution in [0.1, 0.15) is 0 Å². The molecule has 0 amide bonds. The predicted molar refractivity (Wildman–Crippen MR) is 140 cm³/mol. The molecule has 3 aromatic rings. The van der Waals surface area contributed by atoms with E-state index in [2.05, 4.69) is 0 Å². The molecular formula is C27H30O16. The largest absolute Gasteiger partial charge is 0.507 e. The standard InChI is InChI=1S/C27H30O16/c28-7-17-20(33)22(35)24(37)26(42-17)39-10-4-12(31)19-13(32)6-15(40-16(19)5-10)9-1-2-14(11(30)3-9)41-27-25(38)23(36)21(34)18(8-29)43-27/h1-6,17-18,20-31,33-38H,7-8H2. The van der Waals surface area contributed by atoms with Crippen LogP contribution in [-0.2, 0) is 9.47 Å². The molecule has 3 heterocycles. The third-order valence-corrected chi connectivity index (χ3v) is 7.22. The SMILES string of the molecule is O=c1cc(-c2ccc(OC3OC(CO)C(O)C(O)C3O)c(O)c2)oc2cc(OC3OC(CO)C(O)C(O)C3O)cc(O)c12. The summed E-state index contributed by atoms with van der Waals surface area (Å²) in [4.78, 5) is 12.9. The highest BCUT2D eigenvalue weighted by Gasteiger charge is 2.46. The fourth-order valence-electron chi connectivity index (χ4n) is 4.81. The molecule has 16 heteroatoms. The van der Waals surface area contributed by atoms with Crippen LogP contribution in [0.15, 0.2) is 45.6 Å². The van der Waals surface area contributed by atoms with Crippen LogP contribution in [0.5, 0.6) is 23.0 Å². The Morgan fingerprint density at radius 2 is 1.26 bits per heavy atom. The van der Waals surface area contributed by atoms with Crippen molar-refractivity contribution in [3.63, 3.8) is 0 Å². The van der Waals surface area contributed by atoms with Gasteiger partial charge in [-0.3, -0.25) is 4.79 Å². The third-order valence-electron chi connectivity index (χ3n) is 7.22. The molecular weight excluding hydrogens is 580 g/mol. The van der Waals surface area contributed by atoms with Crippen molar-refractivity contribution in [3.05, 3.63) is 46.6 Å². The summed E-state index contributed by atoms with van der Waals surface area (Å²) in [6, 6.07) is 7.05. The van der Waals surface area contributed by atoms with Crippen molar-refractivity contribution >= 4 is 11.0 Å². The summed E-state index contributed by atoms with van der Waals surface area (Å²) >= 11 is 0. The normalized spacial score (nSPS) is 32.9. The summed E-state index contributed by atoms with van der Waals surface area (Å²) < 4.78 is 27.3. The molecule has 0 saturated carbocycles. The van der Waals surface area contributed by atoms with Crippen LogP contribution < -0.4 is 14.9 Å². The molecule has 234 valence electrons. The number of rotatable bonds is 7. The molecule has 5 rings (SSSR count). The summed E-state index contributed by atoms with van der Waals surface area (Å²) in [5.41, 5.74) is -0.685. The lowest BCUT2D eigenvalue weighted by atomic mass is 9.99. The van der Waals surface area contributed by atoms with Gasteiger partial charge >= 0.3 is 0 Å². The number of aliphatic hydroxyl groups excluding tert-OH is 8. The maximum atomic E-state index is 12.9. The van der Waals surface area contributed by atoms with E-state index in [4.69, 9.17) is 23.4 Å². The molecule has 0 aliphatic carbocycles. The van der Waals surface area contributed by atoms with Crippen LogP contribution in [0.3, 0.4) is 0 Å². The summed E-state index contributed by atoms with van der Waals surface area (Å²) in [7, 11) is 0. The number of hydrogen-bond donors (Lipinski definition) is 10. The Balaban J connectivity index is 1.41. The van der Waals surface area contributed by atoms with E-state index in [0.717, 1.165) is 18.2 Å². The van der Waals surface area contributed by atoms with Crippen LogP contribution in [0.4, 0.5) is 0 Å². The van der Waals surface area contributed by atoms with E-state index in [9.17, 15) is 55.9 Å². The summed E-state index contributed by atoms with van der Waals surface area (Å²) in [6.45, 7) is -1.37. The van der Waals surface area contributed by atoms with Gasteiger partial charge in [-0.15, -0.1) is 0 Å². The molecule has 2 aromatic carbocycles. The van der Waals surface area contributed by atoms with E-state index in [1.807, 2.05) is 0 Å². The Bertz CT molecular complexity index is 1500. The average molecular weight is 611 g/mol. The lowest BCUT2D eigenvalue weighted by Crippen LogP contribution is -2.60. The number of fused-ring (bicyclic) bond motifs is 1. The zero-order valence-electron chi connectivity index (χ0n) is 22.1. The van der Waals surface area contributed by atoms with Gasteiger partial charge in [-0.2, -0.15) is 0 Å². The number of phenolic OH excluding ortho intramolecular Hbond substituents is 2. The lowest BCUT2D eigenvalue weighted by molar-refractivity contribution is -0.277. The van der Waals surface area contributed by atoms with E-state index >= 15 is 0 Å². The van der Waals surface area contributed by atoms with Crippen molar-refractivity contribution in [2.45, 2.75) is 61.4 Å². The summed E-state index contributed by atoms with van der Waals surface area (Å²) in [6.07, 6.45) is -15.7. The molecule has 0 bridgehead atoms. The van der Waals surface area contributed by atoms with E-state index in [1.54, 1.807) is 0 Å². The van der Waals surface area contributed by atoms with Crippen LogP contribution in [0.2, 0.25) is 0 Å². The lowest BCUT2D eigenvalue weighted by Gasteiger charge is -2.39. The first-order chi connectivity index (χ1) is 20.4. The summed E-state index contributed by atoms with van der Waals surface area (Å²) in [5.74, 6) is -1.51. The Morgan fingerprint density at radius 3 is 1.81 bits per heavy atom. The average Bonchev–Trinajstić information content (AvgIpc) is 2.98. The Labute approximate surface area is 241 Å². The molecule has 1 aromatic heterocycles. The number of benzene rings is 2. The van der Waals surface area contributed by atoms with Gasteiger partial charge in [0, 0.05) is 23.8 Å². The number of ether oxygens (including phenoxy) is 4. The van der Waals surface area contributed by atoms with Crippen molar-refractivity contribution < 1.29 is 74.4 Å². The van der Waals surface area contributed by atoms with Crippen molar-refractivity contribution in [1.29, 1.82) is 0 Å². The molecule has 0 radical (unpaired) electrons. The van der Waals surface area contributed by atoms with Gasteiger partial charge in [-0.05, 0) is 18.2 Å². The predicted octanol–water partition coefficient (Wildman–Crippen LogP) is -2.77. The Kier molecular flexibility index (Phi) is 8.77. The molecule has 10 atom stereocenters. The molecule has 2 fully saturated rings. The van der Waals surface area contributed by atoms with E-state index < -0.39 is 91.6 Å². The molecule has 2 aliphatic rings. The number of hydrogen-bond acceptors (Lipinski definition) is 16. The first-order valence-electron chi connectivity index (χ1n) is 13.0. The van der Waals surface area contributed by atoms with Gasteiger partial charge in [0.25, 0.3) is 0 Å². The zero-order valence-corrected chi connectivity index (χ0v) is 22.1. The topological polar surface area (TPSA) is 269 Å². The van der Waals surface area contributed by atoms with Crippen molar-refractivity contribution in [3.8, 4) is 34.3 Å². The Morgan fingerprint density at radius 1 is 0.674 bits per heavy atom. The number of aliphatic hydroxyl groups is 8. The third kappa shape index (κ3) is 5.85. The second-order valence-electron chi connectivity index (χ2n) is 10.1. The van der Waals surface area contributed by atoms with Gasteiger partial charge in [-0.25, -0.2) is 0 Å². The molecule has 2 aliphatic heterocycles. The fraction of sp³-hybridized carbons (Fsp3) is 0.444. The molecule has 16 nitrogen and oxygen atoms in total. The zero-order chi connectivity index (χ0) is 31.2. The van der Waals surface area contributed by atoms with Gasteiger partial charge in [-0.1, -0.05) is 0 Å². The molecule has 0 spiro atoms. The van der Waals surface area contributed by atoms with E-state index in [0.29, 0.717) is 0 Å². The molecule has 2 saturated heterocycles. The second kappa shape index (κ2) is 12.2. The first kappa shape index (κ1) is 30.9. The summed E-state index contributed by atoms with van der Waals surface area (Å²) in [5, 5.41) is 99.9. The highest BCUT2D eigenvalue weighted by atomic mass is 16.7. The van der Waals surface area contributed by atoms with Crippen LogP contribution in [-0.4, -0.2) is 126 Å². The van der Waals surface area contributed by atoms with Gasteiger partial charge in [0.15, 0.2) is 16.9 Å². The quantitative estimate of drug-likeness (QED) is 0.130. The van der Waals surface area contributed by atoms with E-state index in [1.165, 1.54) is 18.2 Å². The minimum Gasteiger partial charge on any atom is -0.507 e. The van der Waals surface area contributed by atoms with Crippen molar-refractivity contribution in [1.82, 2.24) is 0 Å². The maximum Gasteiger partial charge on any atom is 0.229 e. The van der Waals surface area contributed by atoms with Crippen molar-refractivity contribution in [2.24, 2.45) is 0 Å². The van der Waals surface area contributed by atoms with Crippen LogP contribution >= 0.6 is 0 Å². The molecule has 10 N–H and O–H groups in total. The number of phenols is 2. The van der Waals surface area contributed by atoms with Gasteiger partial charge < -0.3 is 74.4 Å². The minimum atomic E-state index is -1.74. The van der Waals surface area contributed by atoms with Crippen LogP contribution in [0.25, 0.3) is 22.3 Å². The number of aromatic hydroxyl groups is 2. The second-order valence-corrected chi connectivity index (χ2v) is 10.1. The molecule has 43 heavy (non-hydrogen) atoms. The minimum absolute atomic E-state index is 0.0726. The van der Waals surface area contributed by atoms with Gasteiger partial charge in [0.1, 0.15) is 77.1 Å². The highest BCUT2D eigenvalue weighted by molar-refractivity contribution is 5.86. The fourth-order valence-corrected chi connectivity index (χ4v) is 4.81. The van der Waals surface area contributed by atoms with Gasteiger partial charge in [0.2, 0.25) is 12.6 Å². The first-order valence-corrected chi connectivity index (χ1v) is 13.0. The van der Waals surface area contributed by atoms with Crippen molar-refractivity contribution in [2.75, 3.05) is 13.2 Å². The highest BCUT2D eigenvalue weighted by Crippen LogP contribution is 2.37. The van der Waals surface area contributed by atoms with E-state index in [-0.39, 0.29) is 33.8 Å². The molecule has 10 unspecified atom stereocenters. The monoisotopic (exact) mass is 610 g/mol. The van der Waals surface area contributed by atoms with Gasteiger partial charge in [0.05, 0.1) is 13.2 Å². The Hall–Kier alpha value is -3.55. The van der Waals surface area contributed by atoms with Crippen LogP contribution in [0, 0.1) is 0 Å². The maximum absolute atomic E-state index is 12.9.